The fourth-order valence-corrected chi connectivity index (χ4v) is 4.00. The molecule has 3 atom stereocenters. The van der Waals surface area contributed by atoms with Gasteiger partial charge in [0.2, 0.25) is 5.91 Å². The molecule has 174 valence electrons. The van der Waals surface area contributed by atoms with Crippen molar-refractivity contribution in [2.75, 3.05) is 13.7 Å². The first-order chi connectivity index (χ1) is 15.0. The Morgan fingerprint density at radius 2 is 1.78 bits per heavy atom. The van der Waals surface area contributed by atoms with Gasteiger partial charge in [0.15, 0.2) is 0 Å². The summed E-state index contributed by atoms with van der Waals surface area (Å²) in [4.78, 5) is 40.5. The van der Waals surface area contributed by atoms with Crippen molar-refractivity contribution in [3.63, 3.8) is 0 Å². The molecule has 2 amide bonds. The van der Waals surface area contributed by atoms with Gasteiger partial charge in [0.05, 0.1) is 24.8 Å². The Morgan fingerprint density at radius 1 is 1.16 bits per heavy atom. The van der Waals surface area contributed by atoms with E-state index in [1.54, 1.807) is 52.1 Å². The molecule has 0 radical (unpaired) electrons. The van der Waals surface area contributed by atoms with E-state index in [-0.39, 0.29) is 18.3 Å². The van der Waals surface area contributed by atoms with Gasteiger partial charge in [0, 0.05) is 0 Å². The van der Waals surface area contributed by atoms with Crippen molar-refractivity contribution in [3.8, 4) is 5.75 Å². The molecule has 3 rings (SSSR count). The summed E-state index contributed by atoms with van der Waals surface area (Å²) in [6.45, 7) is 11.0. The molecule has 2 aliphatic rings. The van der Waals surface area contributed by atoms with Crippen LogP contribution in [0.25, 0.3) is 0 Å². The summed E-state index contributed by atoms with van der Waals surface area (Å²) in [5.41, 5.74) is 0.390. The van der Waals surface area contributed by atoms with Crippen molar-refractivity contribution < 1.29 is 33.3 Å². The molecule has 0 N–H and O–H groups in total. The molecule has 2 heterocycles. The summed E-state index contributed by atoms with van der Waals surface area (Å²) >= 11 is 0. The zero-order valence-corrected chi connectivity index (χ0v) is 19.6. The van der Waals surface area contributed by atoms with Gasteiger partial charge in [-0.15, -0.1) is 0 Å². The minimum atomic E-state index is -1.05. The first kappa shape index (κ1) is 23.6. The SMILES string of the molecule is COc1ccc([C@@H]2OC(C)=C(C(=O)OC(C)C)[C@H]2C(=O)N2C(=O)OC[C@@H]2C(C)(C)C)cc1. The molecule has 2 aliphatic heterocycles. The van der Waals surface area contributed by atoms with Crippen LogP contribution < -0.4 is 4.74 Å². The van der Waals surface area contributed by atoms with Crippen molar-refractivity contribution in [1.82, 2.24) is 4.90 Å². The van der Waals surface area contributed by atoms with E-state index in [4.69, 9.17) is 18.9 Å². The Bertz CT molecular complexity index is 927. The number of hydrogen-bond acceptors (Lipinski definition) is 7. The second-order valence-corrected chi connectivity index (χ2v) is 9.38. The van der Waals surface area contributed by atoms with Crippen LogP contribution in [0.1, 0.15) is 53.2 Å². The third-order valence-corrected chi connectivity index (χ3v) is 5.68. The van der Waals surface area contributed by atoms with Gasteiger partial charge >= 0.3 is 12.1 Å². The topological polar surface area (TPSA) is 91.4 Å². The van der Waals surface area contributed by atoms with Crippen LogP contribution in [0.15, 0.2) is 35.6 Å². The monoisotopic (exact) mass is 445 g/mol. The van der Waals surface area contributed by atoms with Crippen molar-refractivity contribution >= 4 is 18.0 Å². The van der Waals surface area contributed by atoms with Crippen LogP contribution in [0.5, 0.6) is 5.75 Å². The van der Waals surface area contributed by atoms with Crippen LogP contribution in [-0.2, 0) is 23.8 Å². The highest BCUT2D eigenvalue weighted by atomic mass is 16.6. The molecule has 0 aliphatic carbocycles. The number of methoxy groups -OCH3 is 1. The number of rotatable bonds is 5. The Hall–Kier alpha value is -3.03. The smallest absolute Gasteiger partial charge is 0.417 e. The van der Waals surface area contributed by atoms with Gasteiger partial charge in [-0.05, 0) is 43.9 Å². The van der Waals surface area contributed by atoms with Crippen molar-refractivity contribution in [1.29, 1.82) is 0 Å². The highest BCUT2D eigenvalue weighted by Gasteiger charge is 2.53. The minimum absolute atomic E-state index is 0.101. The molecule has 0 saturated carbocycles. The van der Waals surface area contributed by atoms with Crippen molar-refractivity contribution in [2.45, 2.75) is 59.8 Å². The molecule has 1 saturated heterocycles. The molecular weight excluding hydrogens is 414 g/mol. The number of hydrogen-bond donors (Lipinski definition) is 0. The standard InChI is InChI=1S/C24H31NO7/c1-13(2)31-22(27)18-14(3)32-20(15-8-10-16(29-7)11-9-15)19(18)21(26)25-17(24(4,5)6)12-30-23(25)28/h8-11,13,17,19-20H,12H2,1-7H3/t17-,19-,20+/m1/s1. The zero-order chi connectivity index (χ0) is 23.8. The van der Waals surface area contributed by atoms with Gasteiger partial charge in [0.1, 0.15) is 30.1 Å². The number of carbonyl (C=O) groups excluding carboxylic acids is 3. The molecule has 8 heteroatoms. The number of imide groups is 1. The number of cyclic esters (lactones) is 1. The molecule has 1 aromatic rings. The predicted octanol–water partition coefficient (Wildman–Crippen LogP) is 4.00. The van der Waals surface area contributed by atoms with Crippen LogP contribution in [0, 0.1) is 11.3 Å². The van der Waals surface area contributed by atoms with Crippen LogP contribution in [0.4, 0.5) is 4.79 Å². The molecule has 0 aromatic heterocycles. The van der Waals surface area contributed by atoms with E-state index in [0.29, 0.717) is 17.1 Å². The molecular formula is C24H31NO7. The fourth-order valence-electron chi connectivity index (χ4n) is 4.00. The summed E-state index contributed by atoms with van der Waals surface area (Å²) in [7, 11) is 1.56. The van der Waals surface area contributed by atoms with E-state index in [1.165, 1.54) is 0 Å². The van der Waals surface area contributed by atoms with Gasteiger partial charge in [-0.2, -0.15) is 0 Å². The lowest BCUT2D eigenvalue weighted by Crippen LogP contribution is -2.49. The number of nitrogens with zero attached hydrogens (tertiary/aromatic N) is 1. The Kier molecular flexibility index (Phi) is 6.53. The average Bonchev–Trinajstić information content (AvgIpc) is 3.27. The average molecular weight is 446 g/mol. The van der Waals surface area contributed by atoms with Crippen LogP contribution in [0.2, 0.25) is 0 Å². The van der Waals surface area contributed by atoms with E-state index in [2.05, 4.69) is 0 Å². The first-order valence-electron chi connectivity index (χ1n) is 10.7. The second kappa shape index (κ2) is 8.84. The lowest BCUT2D eigenvalue weighted by molar-refractivity contribution is -0.146. The van der Waals surface area contributed by atoms with Crippen molar-refractivity contribution in [3.05, 3.63) is 41.2 Å². The minimum Gasteiger partial charge on any atom is -0.497 e. The maximum atomic E-state index is 13.8. The third kappa shape index (κ3) is 4.45. The van der Waals surface area contributed by atoms with Gasteiger partial charge in [-0.1, -0.05) is 32.9 Å². The van der Waals surface area contributed by atoms with E-state index in [1.807, 2.05) is 20.8 Å². The number of amides is 2. The Morgan fingerprint density at radius 3 is 2.31 bits per heavy atom. The number of benzene rings is 1. The van der Waals surface area contributed by atoms with Crippen LogP contribution in [0.3, 0.4) is 0 Å². The van der Waals surface area contributed by atoms with E-state index < -0.39 is 41.4 Å². The normalized spacial score (nSPS) is 23.3. The quantitative estimate of drug-likeness (QED) is 0.633. The molecule has 0 spiro atoms. The highest BCUT2D eigenvalue weighted by Crippen LogP contribution is 2.44. The largest absolute Gasteiger partial charge is 0.497 e. The second-order valence-electron chi connectivity index (χ2n) is 9.38. The first-order valence-corrected chi connectivity index (χ1v) is 10.7. The third-order valence-electron chi connectivity index (χ3n) is 5.68. The maximum Gasteiger partial charge on any atom is 0.417 e. The van der Waals surface area contributed by atoms with E-state index in [0.717, 1.165) is 4.90 Å². The van der Waals surface area contributed by atoms with Gasteiger partial charge < -0.3 is 18.9 Å². The van der Waals surface area contributed by atoms with E-state index in [9.17, 15) is 14.4 Å². The van der Waals surface area contributed by atoms with Gasteiger partial charge in [0.25, 0.3) is 0 Å². The molecule has 1 aromatic carbocycles. The lowest BCUT2D eigenvalue weighted by atomic mass is 9.84. The number of allylic oxidation sites excluding steroid dienone is 1. The highest BCUT2D eigenvalue weighted by molar-refractivity contribution is 6.03. The Labute approximate surface area is 188 Å². The summed E-state index contributed by atoms with van der Waals surface area (Å²) < 4.78 is 21.9. The lowest BCUT2D eigenvalue weighted by Gasteiger charge is -2.33. The van der Waals surface area contributed by atoms with Crippen molar-refractivity contribution in [2.24, 2.45) is 11.3 Å². The summed E-state index contributed by atoms with van der Waals surface area (Å²) in [5.74, 6) is -1.28. The molecule has 32 heavy (non-hydrogen) atoms. The number of esters is 1. The van der Waals surface area contributed by atoms with Gasteiger partial charge in [-0.25, -0.2) is 14.5 Å². The maximum absolute atomic E-state index is 13.8. The molecule has 8 nitrogen and oxygen atoms in total. The number of ether oxygens (including phenoxy) is 4. The molecule has 0 bridgehead atoms. The van der Waals surface area contributed by atoms with Gasteiger partial charge in [-0.3, -0.25) is 4.79 Å². The van der Waals surface area contributed by atoms with Crippen LogP contribution >= 0.6 is 0 Å². The summed E-state index contributed by atoms with van der Waals surface area (Å²) in [6.07, 6.45) is -1.89. The fraction of sp³-hybridized carbons (Fsp3) is 0.542. The summed E-state index contributed by atoms with van der Waals surface area (Å²) in [6, 6.07) is 6.58. The van der Waals surface area contributed by atoms with Crippen LogP contribution in [-0.4, -0.2) is 48.7 Å². The molecule has 0 unspecified atom stereocenters. The number of carbonyl (C=O) groups is 3. The summed E-state index contributed by atoms with van der Waals surface area (Å²) in [5, 5.41) is 0. The molecule has 1 fully saturated rings. The van der Waals surface area contributed by atoms with E-state index >= 15 is 0 Å². The Balaban J connectivity index is 2.05. The predicted molar refractivity (Wildman–Crippen MR) is 116 cm³/mol. The zero-order valence-electron chi connectivity index (χ0n) is 19.6.